The van der Waals surface area contributed by atoms with E-state index in [1.54, 1.807) is 80.9 Å². The van der Waals surface area contributed by atoms with Gasteiger partial charge in [-0.15, -0.1) is 0 Å². The number of hydrogen-bond acceptors (Lipinski definition) is 10. The highest BCUT2D eigenvalue weighted by molar-refractivity contribution is 5.98. The van der Waals surface area contributed by atoms with E-state index in [-0.39, 0.29) is 36.3 Å². The van der Waals surface area contributed by atoms with Gasteiger partial charge in [-0.1, -0.05) is 0 Å². The summed E-state index contributed by atoms with van der Waals surface area (Å²) in [5.74, 6) is -0.377. The van der Waals surface area contributed by atoms with Crippen molar-refractivity contribution in [1.29, 1.82) is 0 Å². The third-order valence-corrected chi connectivity index (χ3v) is 7.65. The molecule has 0 N–H and O–H groups in total. The molecule has 2 aromatic carbocycles. The highest BCUT2D eigenvalue weighted by atomic mass is 19.1. The largest absolute Gasteiger partial charge is 0.484 e. The van der Waals surface area contributed by atoms with Crippen molar-refractivity contribution in [2.75, 3.05) is 56.7 Å². The van der Waals surface area contributed by atoms with Gasteiger partial charge in [-0.2, -0.15) is 0 Å². The summed E-state index contributed by atoms with van der Waals surface area (Å²) in [6, 6.07) is 7.34. The lowest BCUT2D eigenvalue weighted by atomic mass is 10.0. The van der Waals surface area contributed by atoms with E-state index in [1.807, 2.05) is 0 Å². The molecule has 1 aromatic heterocycles. The zero-order valence-electron chi connectivity index (χ0n) is 30.7. The van der Waals surface area contributed by atoms with Gasteiger partial charge in [0.2, 0.25) is 0 Å². The van der Waals surface area contributed by atoms with Crippen molar-refractivity contribution >= 4 is 40.5 Å². The van der Waals surface area contributed by atoms with Gasteiger partial charge in [-0.05, 0) is 85.6 Å². The molecule has 50 heavy (non-hydrogen) atoms. The number of nitrogens with zero attached hydrogens (tertiary/aromatic N) is 5. The van der Waals surface area contributed by atoms with Gasteiger partial charge in [0.25, 0.3) is 5.91 Å². The lowest BCUT2D eigenvalue weighted by Crippen LogP contribution is -2.38. The summed E-state index contributed by atoms with van der Waals surface area (Å²) in [6.45, 7) is 15.1. The van der Waals surface area contributed by atoms with Crippen LogP contribution in [-0.4, -0.2) is 91.0 Å². The first kappa shape index (κ1) is 38.3. The Morgan fingerprint density at radius 3 is 2.30 bits per heavy atom. The molecule has 0 aliphatic carbocycles. The van der Waals surface area contributed by atoms with Crippen LogP contribution >= 0.6 is 0 Å². The summed E-state index contributed by atoms with van der Waals surface area (Å²) >= 11 is 0. The molecule has 2 amide bonds. The number of halogens is 1. The smallest absolute Gasteiger partial charge is 0.414 e. The van der Waals surface area contributed by atoms with Gasteiger partial charge in [-0.3, -0.25) is 19.5 Å². The Bertz CT molecular complexity index is 1680. The van der Waals surface area contributed by atoms with Gasteiger partial charge >= 0.3 is 12.1 Å². The van der Waals surface area contributed by atoms with Gasteiger partial charge in [-0.25, -0.2) is 14.2 Å². The molecule has 1 fully saturated rings. The van der Waals surface area contributed by atoms with E-state index < -0.39 is 29.2 Å². The summed E-state index contributed by atoms with van der Waals surface area (Å²) in [6.07, 6.45) is 1.32. The molecule has 13 heteroatoms. The van der Waals surface area contributed by atoms with E-state index >= 15 is 0 Å². The number of esters is 1. The number of amides is 2. The zero-order valence-corrected chi connectivity index (χ0v) is 30.7. The summed E-state index contributed by atoms with van der Waals surface area (Å²) in [4.78, 5) is 53.6. The minimum absolute atomic E-state index is 0.0882. The third-order valence-electron chi connectivity index (χ3n) is 7.65. The number of unbranched alkanes of at least 4 members (excludes halogenated alkanes) is 1. The van der Waals surface area contributed by atoms with Crippen molar-refractivity contribution in [1.82, 2.24) is 14.9 Å². The Hall–Kier alpha value is -4.52. The fourth-order valence-electron chi connectivity index (χ4n) is 5.39. The fraction of sp³-hybridized carbons (Fsp3) is 0.541. The maximum Gasteiger partial charge on any atom is 0.414 e. The van der Waals surface area contributed by atoms with Crippen molar-refractivity contribution in [2.45, 2.75) is 85.0 Å². The van der Waals surface area contributed by atoms with Crippen LogP contribution < -0.4 is 14.5 Å². The molecule has 1 unspecified atom stereocenters. The Morgan fingerprint density at radius 2 is 1.66 bits per heavy atom. The number of anilines is 2. The molecule has 1 saturated heterocycles. The van der Waals surface area contributed by atoms with Gasteiger partial charge < -0.3 is 28.7 Å². The lowest BCUT2D eigenvalue weighted by Gasteiger charge is -2.30. The van der Waals surface area contributed by atoms with Crippen molar-refractivity contribution in [3.05, 3.63) is 53.5 Å². The summed E-state index contributed by atoms with van der Waals surface area (Å²) < 4.78 is 38.0. The van der Waals surface area contributed by atoms with Crippen LogP contribution in [0, 0.1) is 5.82 Å². The molecule has 0 bridgehead atoms. The van der Waals surface area contributed by atoms with Crippen LogP contribution in [0.3, 0.4) is 0 Å². The Kier molecular flexibility index (Phi) is 12.3. The molecule has 1 atom stereocenters. The molecular formula is C37H50FN5O7. The van der Waals surface area contributed by atoms with Crippen LogP contribution in [0.2, 0.25) is 0 Å². The number of morpholine rings is 1. The number of aromatic nitrogens is 2. The van der Waals surface area contributed by atoms with E-state index in [9.17, 15) is 18.8 Å². The number of ether oxygens (including phenoxy) is 4. The zero-order chi connectivity index (χ0) is 36.8. The molecule has 0 spiro atoms. The van der Waals surface area contributed by atoms with Crippen molar-refractivity contribution < 1.29 is 37.7 Å². The van der Waals surface area contributed by atoms with Crippen LogP contribution in [0.4, 0.5) is 20.7 Å². The maximum absolute atomic E-state index is 14.9. The summed E-state index contributed by atoms with van der Waals surface area (Å²) in [5, 5.41) is 0. The predicted octanol–water partition coefficient (Wildman–Crippen LogP) is 6.70. The number of fused-ring (bicyclic) bond motifs is 1. The van der Waals surface area contributed by atoms with Gasteiger partial charge in [0.15, 0.2) is 0 Å². The monoisotopic (exact) mass is 695 g/mol. The molecule has 3 aromatic rings. The van der Waals surface area contributed by atoms with Crippen LogP contribution in [0.15, 0.2) is 36.5 Å². The Labute approximate surface area is 293 Å². The number of carbonyl (C=O) groups excluding carboxylic acids is 3. The van der Waals surface area contributed by atoms with E-state index in [0.29, 0.717) is 67.1 Å². The topological polar surface area (TPSA) is 124 Å². The average Bonchev–Trinajstić information content (AvgIpc) is 3.02. The lowest BCUT2D eigenvalue weighted by molar-refractivity contribution is -0.154. The van der Waals surface area contributed by atoms with Crippen LogP contribution in [0.5, 0.6) is 5.75 Å². The van der Waals surface area contributed by atoms with Gasteiger partial charge in [0, 0.05) is 57.3 Å². The fourth-order valence-corrected chi connectivity index (χ4v) is 5.39. The summed E-state index contributed by atoms with van der Waals surface area (Å²) in [5.41, 5.74) is 0.857. The van der Waals surface area contributed by atoms with E-state index in [0.717, 1.165) is 0 Å². The minimum atomic E-state index is -0.810. The van der Waals surface area contributed by atoms with Crippen molar-refractivity contribution in [3.63, 3.8) is 0 Å². The standard InChI is InChI=1S/C37H50FN5O7/c1-24(27-20-25(34(45)41(8)9)21-28-33(27)40-31(23-39-28)42-16-18-47-19-17-42)48-30-22-26(38)13-14-29(30)43(35(46)50-37(5,6)7)15-11-10-12-32(44)49-36(2,3)4/h13-14,20-24H,10-12,15-19H2,1-9H3. The molecule has 1 aliphatic heterocycles. The maximum atomic E-state index is 14.9. The Balaban J connectivity index is 1.70. The second kappa shape index (κ2) is 16.0. The predicted molar refractivity (Wildman–Crippen MR) is 189 cm³/mol. The minimum Gasteiger partial charge on any atom is -0.484 e. The number of hydrogen-bond donors (Lipinski definition) is 0. The second-order valence-electron chi connectivity index (χ2n) is 14.5. The quantitative estimate of drug-likeness (QED) is 0.158. The number of benzene rings is 2. The van der Waals surface area contributed by atoms with Gasteiger partial charge in [0.1, 0.15) is 34.7 Å². The van der Waals surface area contributed by atoms with E-state index in [2.05, 4.69) is 9.88 Å². The Morgan fingerprint density at radius 1 is 0.980 bits per heavy atom. The van der Waals surface area contributed by atoms with Crippen LogP contribution in [-0.2, 0) is 19.0 Å². The first-order valence-corrected chi connectivity index (χ1v) is 17.0. The van der Waals surface area contributed by atoms with Crippen molar-refractivity contribution in [3.8, 4) is 5.75 Å². The van der Waals surface area contributed by atoms with E-state index in [4.69, 9.17) is 23.9 Å². The summed E-state index contributed by atoms with van der Waals surface area (Å²) in [7, 11) is 3.33. The van der Waals surface area contributed by atoms with Crippen molar-refractivity contribution in [2.24, 2.45) is 0 Å². The highest BCUT2D eigenvalue weighted by Gasteiger charge is 2.28. The average molecular weight is 696 g/mol. The first-order chi connectivity index (χ1) is 23.4. The third kappa shape index (κ3) is 10.5. The molecule has 0 saturated carbocycles. The second-order valence-corrected chi connectivity index (χ2v) is 14.5. The highest BCUT2D eigenvalue weighted by Crippen LogP contribution is 2.36. The normalized spacial score (nSPS) is 14.2. The molecule has 272 valence electrons. The molecule has 0 radical (unpaired) electrons. The van der Waals surface area contributed by atoms with E-state index in [1.165, 1.54) is 28.0 Å². The molecule has 4 rings (SSSR count). The first-order valence-electron chi connectivity index (χ1n) is 17.0. The molecule has 2 heterocycles. The molecule has 12 nitrogen and oxygen atoms in total. The molecule has 1 aliphatic rings. The molecular weight excluding hydrogens is 645 g/mol. The number of rotatable bonds is 11. The van der Waals surface area contributed by atoms with Gasteiger partial charge in [0.05, 0.1) is 36.1 Å². The SMILES string of the molecule is CC(Oc1cc(F)ccc1N(CCCCC(=O)OC(C)(C)C)C(=O)OC(C)(C)C)c1cc(C(=O)N(C)C)cc2ncc(N3CCOCC3)nc12. The van der Waals surface area contributed by atoms with Crippen LogP contribution in [0.1, 0.15) is 89.8 Å². The number of carbonyl (C=O) groups is 3. The van der Waals surface area contributed by atoms with Crippen LogP contribution in [0.25, 0.3) is 11.0 Å².